The number of amides is 2. The molecule has 2 N–H and O–H groups in total. The second kappa shape index (κ2) is 18.3. The topological polar surface area (TPSA) is 94.5 Å². The van der Waals surface area contributed by atoms with Crippen LogP contribution in [-0.4, -0.2) is 65.6 Å². The molecule has 0 radical (unpaired) electrons. The number of nitrogens with one attached hydrogen (secondary N) is 1. The van der Waals surface area contributed by atoms with E-state index in [9.17, 15) is 9.90 Å². The van der Waals surface area contributed by atoms with E-state index < -0.39 is 19.9 Å². The lowest BCUT2D eigenvalue weighted by Gasteiger charge is -2.45. The molecule has 0 unspecified atom stereocenters. The van der Waals surface area contributed by atoms with Crippen LogP contribution in [0.3, 0.4) is 0 Å². The average molecular weight is 872 g/mol. The number of amidine groups is 1. The van der Waals surface area contributed by atoms with Gasteiger partial charge in [0.2, 0.25) is 0 Å². The van der Waals surface area contributed by atoms with E-state index in [-0.39, 0.29) is 41.6 Å². The van der Waals surface area contributed by atoms with E-state index in [2.05, 4.69) is 100 Å². The number of fused-ring (bicyclic) bond motifs is 1. The zero-order valence-electron chi connectivity index (χ0n) is 35.2. The van der Waals surface area contributed by atoms with Gasteiger partial charge >= 0.3 is 6.09 Å². The first-order valence-corrected chi connectivity index (χ1v) is 23.8. The molecule has 2 aliphatic heterocycles. The fourth-order valence-corrected chi connectivity index (χ4v) is 15.0. The molecule has 0 saturated carbocycles. The Hall–Kier alpha value is -4.06. The van der Waals surface area contributed by atoms with Crippen molar-refractivity contribution in [3.63, 3.8) is 0 Å². The maximum atomic E-state index is 15.1. The van der Waals surface area contributed by atoms with E-state index in [1.54, 1.807) is 0 Å². The molecule has 312 valence electrons. The van der Waals surface area contributed by atoms with Crippen molar-refractivity contribution >= 4 is 70.8 Å². The standard InChI is InChI=1S/C47H56Cl2N4O4SSi/c1-31(2)40-41(58-44-51-47(8,34-21-25-36(49)26-22-34)42(53(40)44)33-19-23-35(48)24-20-33)43(54)52(32(3)4)30-28-37(27-29-50-45(55)56)57-59(46(5,6)7,38-15-11-9-12-16-38)39-17-13-10-14-18-39/h9-26,31-32,37,42,50H,27-30H2,1-8H3,(H,55,56)/t37-,42+,47-/m0/s1. The molecule has 3 atom stereocenters. The van der Waals surface area contributed by atoms with Crippen LogP contribution in [0.25, 0.3) is 0 Å². The molecule has 0 fully saturated rings. The summed E-state index contributed by atoms with van der Waals surface area (Å²) in [6.45, 7) is 17.8. The SMILES string of the molecule is CC(C)C1=C(C(=O)N(CC[C@H](CCNC(=O)O)O[Si](c2ccccc2)(c2ccccc2)C(C)(C)C)C(C)C)SC2=N[C@@](C)(c3ccc(Cl)cc3)[C@@H](c3ccc(Cl)cc3)N21. The predicted molar refractivity (Wildman–Crippen MR) is 246 cm³/mol. The Balaban J connectivity index is 1.37. The van der Waals surface area contributed by atoms with E-state index in [1.165, 1.54) is 11.8 Å². The third-order valence-electron chi connectivity index (χ3n) is 11.4. The van der Waals surface area contributed by atoms with Gasteiger partial charge in [-0.3, -0.25) is 4.79 Å². The molecule has 2 aliphatic rings. The van der Waals surface area contributed by atoms with Gasteiger partial charge in [-0.15, -0.1) is 0 Å². The molecule has 4 aromatic carbocycles. The number of allylic oxidation sites excluding steroid dienone is 1. The maximum Gasteiger partial charge on any atom is 0.404 e. The number of carbonyl (C=O) groups is 2. The van der Waals surface area contributed by atoms with Crippen LogP contribution < -0.4 is 15.7 Å². The summed E-state index contributed by atoms with van der Waals surface area (Å²) < 4.78 is 7.56. The molecule has 0 aliphatic carbocycles. The van der Waals surface area contributed by atoms with Gasteiger partial charge in [0.15, 0.2) is 5.17 Å². The van der Waals surface area contributed by atoms with Gasteiger partial charge in [0, 0.05) is 41.0 Å². The Bertz CT molecular complexity index is 2120. The monoisotopic (exact) mass is 870 g/mol. The molecule has 59 heavy (non-hydrogen) atoms. The summed E-state index contributed by atoms with van der Waals surface area (Å²) >= 11 is 14.2. The molecule has 0 bridgehead atoms. The molecule has 4 aromatic rings. The lowest BCUT2D eigenvalue weighted by atomic mass is 9.81. The van der Waals surface area contributed by atoms with Gasteiger partial charge in [-0.1, -0.05) is 143 Å². The molecular weight excluding hydrogens is 816 g/mol. The number of halogens is 2. The van der Waals surface area contributed by atoms with Crippen molar-refractivity contribution < 1.29 is 19.1 Å². The second-order valence-electron chi connectivity index (χ2n) is 17.1. The molecule has 0 aromatic heterocycles. The number of aliphatic imine (C=N–C) groups is 1. The Morgan fingerprint density at radius 2 is 1.42 bits per heavy atom. The minimum atomic E-state index is -3.00. The lowest BCUT2D eigenvalue weighted by Crippen LogP contribution is -2.68. The van der Waals surface area contributed by atoms with E-state index in [0.717, 1.165) is 32.4 Å². The molecule has 0 spiro atoms. The van der Waals surface area contributed by atoms with Crippen molar-refractivity contribution in [2.45, 2.75) is 97.0 Å². The highest BCUT2D eigenvalue weighted by Crippen LogP contribution is 2.56. The summed E-state index contributed by atoms with van der Waals surface area (Å²) in [5.41, 5.74) is 2.32. The number of carbonyl (C=O) groups excluding carboxylic acids is 1. The molecular formula is C47H56Cl2N4O4SSi. The Kier molecular flexibility index (Phi) is 13.8. The Morgan fingerprint density at radius 3 is 1.92 bits per heavy atom. The number of hydrogen-bond donors (Lipinski definition) is 2. The number of thioether (sulfide) groups is 1. The third-order valence-corrected chi connectivity index (χ3v) is 18.1. The first-order valence-electron chi connectivity index (χ1n) is 20.4. The van der Waals surface area contributed by atoms with Crippen LogP contribution in [0.2, 0.25) is 15.1 Å². The van der Waals surface area contributed by atoms with Crippen LogP contribution in [0.1, 0.15) is 85.4 Å². The van der Waals surface area contributed by atoms with Crippen molar-refractivity contribution in [1.29, 1.82) is 0 Å². The fraction of sp³-hybridized carbons (Fsp3) is 0.383. The molecule has 0 saturated heterocycles. The van der Waals surface area contributed by atoms with Crippen molar-refractivity contribution in [1.82, 2.24) is 15.1 Å². The zero-order valence-corrected chi connectivity index (χ0v) is 38.5. The van der Waals surface area contributed by atoms with Crippen LogP contribution in [0.4, 0.5) is 4.79 Å². The molecule has 2 amide bonds. The number of benzene rings is 4. The highest BCUT2D eigenvalue weighted by molar-refractivity contribution is 8.18. The summed E-state index contributed by atoms with van der Waals surface area (Å²) in [6, 6.07) is 36.3. The van der Waals surface area contributed by atoms with Crippen LogP contribution in [0.5, 0.6) is 0 Å². The minimum absolute atomic E-state index is 0.00106. The van der Waals surface area contributed by atoms with E-state index in [0.29, 0.717) is 34.3 Å². The van der Waals surface area contributed by atoms with Gasteiger partial charge < -0.3 is 24.6 Å². The Labute approximate surface area is 365 Å². The van der Waals surface area contributed by atoms with Crippen molar-refractivity contribution in [2.75, 3.05) is 13.1 Å². The molecule has 2 heterocycles. The van der Waals surface area contributed by atoms with Gasteiger partial charge in [0.25, 0.3) is 14.2 Å². The van der Waals surface area contributed by atoms with Crippen molar-refractivity contribution in [2.24, 2.45) is 10.9 Å². The third kappa shape index (κ3) is 9.17. The second-order valence-corrected chi connectivity index (χ2v) is 23.3. The van der Waals surface area contributed by atoms with Crippen LogP contribution in [-0.2, 0) is 14.8 Å². The maximum absolute atomic E-state index is 15.1. The summed E-state index contributed by atoms with van der Waals surface area (Å²) in [5, 5.41) is 16.2. The van der Waals surface area contributed by atoms with Gasteiger partial charge in [0.1, 0.15) is 10.4 Å². The van der Waals surface area contributed by atoms with Gasteiger partial charge in [-0.25, -0.2) is 9.79 Å². The zero-order chi connectivity index (χ0) is 42.7. The predicted octanol–water partition coefficient (Wildman–Crippen LogP) is 10.5. The molecule has 8 nitrogen and oxygen atoms in total. The van der Waals surface area contributed by atoms with Gasteiger partial charge in [-0.05, 0) is 102 Å². The number of nitrogens with zero attached hydrogens (tertiary/aromatic N) is 3. The van der Waals surface area contributed by atoms with Crippen LogP contribution >= 0.6 is 35.0 Å². The summed E-state index contributed by atoms with van der Waals surface area (Å²) in [5.74, 6) is -0.0550. The highest BCUT2D eigenvalue weighted by atomic mass is 35.5. The number of carboxylic acid groups (broad SMARTS) is 1. The summed E-state index contributed by atoms with van der Waals surface area (Å²) in [7, 11) is -3.00. The minimum Gasteiger partial charge on any atom is -0.465 e. The first kappa shape index (κ1) is 44.5. The quantitative estimate of drug-likeness (QED) is 0.116. The van der Waals surface area contributed by atoms with Gasteiger partial charge in [0.05, 0.1) is 6.04 Å². The van der Waals surface area contributed by atoms with E-state index in [1.807, 2.05) is 79.4 Å². The van der Waals surface area contributed by atoms with Crippen LogP contribution in [0, 0.1) is 5.92 Å². The average Bonchev–Trinajstić information content (AvgIpc) is 3.69. The Morgan fingerprint density at radius 1 is 0.881 bits per heavy atom. The fourth-order valence-electron chi connectivity index (χ4n) is 8.62. The number of hydrogen-bond acceptors (Lipinski definition) is 6. The highest BCUT2D eigenvalue weighted by Gasteiger charge is 2.54. The van der Waals surface area contributed by atoms with Crippen molar-refractivity contribution in [3.05, 3.63) is 141 Å². The molecule has 12 heteroatoms. The largest absolute Gasteiger partial charge is 0.465 e. The smallest absolute Gasteiger partial charge is 0.404 e. The normalized spacial score (nSPS) is 18.6. The van der Waals surface area contributed by atoms with E-state index in [4.69, 9.17) is 32.6 Å². The van der Waals surface area contributed by atoms with Crippen LogP contribution in [0.15, 0.2) is 125 Å². The van der Waals surface area contributed by atoms with E-state index >= 15 is 4.79 Å². The van der Waals surface area contributed by atoms with Crippen molar-refractivity contribution in [3.8, 4) is 0 Å². The van der Waals surface area contributed by atoms with Gasteiger partial charge in [-0.2, -0.15) is 0 Å². The summed E-state index contributed by atoms with van der Waals surface area (Å²) in [4.78, 5) is 37.1. The number of rotatable bonds is 15. The first-order chi connectivity index (χ1) is 28.0. The lowest BCUT2D eigenvalue weighted by molar-refractivity contribution is -0.128. The molecule has 6 rings (SSSR count). The summed E-state index contributed by atoms with van der Waals surface area (Å²) in [6.07, 6.45) is -0.481.